The Hall–Kier alpha value is -3.13. The van der Waals surface area contributed by atoms with Gasteiger partial charge in [-0.3, -0.25) is 0 Å². The van der Waals surface area contributed by atoms with Crippen LogP contribution in [0, 0.1) is 6.92 Å². The number of aryl methyl sites for hydroxylation is 2. The number of rotatable bonds is 6. The first-order valence-electron chi connectivity index (χ1n) is 11.5. The van der Waals surface area contributed by atoms with Crippen LogP contribution in [0.15, 0.2) is 96.9 Å². The number of allylic oxidation sites excluding steroid dienone is 3. The quantitative estimate of drug-likeness (QED) is 0.419. The van der Waals surface area contributed by atoms with Gasteiger partial charge in [-0.15, -0.1) is 0 Å². The molecule has 0 bridgehead atoms. The first-order valence-corrected chi connectivity index (χ1v) is 11.5. The van der Waals surface area contributed by atoms with Crippen LogP contribution < -0.4 is 4.90 Å². The second-order valence-corrected chi connectivity index (χ2v) is 9.75. The second-order valence-electron chi connectivity index (χ2n) is 9.75. The maximum Gasteiger partial charge on any atom is 0.136 e. The van der Waals surface area contributed by atoms with E-state index in [0.717, 1.165) is 24.2 Å². The number of benzene rings is 2. The van der Waals surface area contributed by atoms with Gasteiger partial charge in [0.05, 0.1) is 0 Å². The molecular formula is C30H34N2. The van der Waals surface area contributed by atoms with E-state index >= 15 is 0 Å². The van der Waals surface area contributed by atoms with Crippen LogP contribution in [0.1, 0.15) is 49.4 Å². The number of aromatic nitrogens is 1. The van der Waals surface area contributed by atoms with Crippen molar-refractivity contribution in [3.05, 3.63) is 119 Å². The number of fused-ring (bicyclic) bond motifs is 1. The molecule has 32 heavy (non-hydrogen) atoms. The van der Waals surface area contributed by atoms with Crippen molar-refractivity contribution < 1.29 is 0 Å². The maximum atomic E-state index is 4.66. The van der Waals surface area contributed by atoms with Gasteiger partial charge in [-0.25, -0.2) is 4.98 Å². The Morgan fingerprint density at radius 3 is 2.41 bits per heavy atom. The third-order valence-electron chi connectivity index (χ3n) is 7.30. The molecule has 2 heteroatoms. The molecule has 2 heterocycles. The summed E-state index contributed by atoms with van der Waals surface area (Å²) in [6, 6.07) is 23.7. The van der Waals surface area contributed by atoms with Gasteiger partial charge >= 0.3 is 0 Å². The Morgan fingerprint density at radius 2 is 1.72 bits per heavy atom. The largest absolute Gasteiger partial charge is 0.332 e. The molecule has 2 aromatic carbocycles. The van der Waals surface area contributed by atoms with E-state index in [1.807, 2.05) is 12.3 Å². The lowest BCUT2D eigenvalue weighted by molar-refractivity contribution is 0.514. The molecule has 0 saturated heterocycles. The van der Waals surface area contributed by atoms with Crippen molar-refractivity contribution >= 4 is 5.82 Å². The minimum absolute atomic E-state index is 0.118. The molecule has 1 unspecified atom stereocenters. The van der Waals surface area contributed by atoms with Crippen molar-refractivity contribution in [1.82, 2.24) is 4.98 Å². The van der Waals surface area contributed by atoms with Gasteiger partial charge in [0, 0.05) is 35.3 Å². The van der Waals surface area contributed by atoms with Crippen LogP contribution in [0.5, 0.6) is 0 Å². The third-order valence-corrected chi connectivity index (χ3v) is 7.30. The zero-order valence-electron chi connectivity index (χ0n) is 20.0. The lowest BCUT2D eigenvalue weighted by atomic mass is 9.70. The molecule has 1 aliphatic heterocycles. The van der Waals surface area contributed by atoms with E-state index in [4.69, 9.17) is 0 Å². The number of anilines is 1. The van der Waals surface area contributed by atoms with E-state index in [-0.39, 0.29) is 10.8 Å². The summed E-state index contributed by atoms with van der Waals surface area (Å²) in [7, 11) is 2.12. The summed E-state index contributed by atoms with van der Waals surface area (Å²) in [5, 5.41) is 0. The van der Waals surface area contributed by atoms with Gasteiger partial charge in [-0.05, 0) is 54.2 Å². The normalized spacial score (nSPS) is 17.8. The zero-order valence-corrected chi connectivity index (χ0v) is 20.0. The predicted octanol–water partition coefficient (Wildman–Crippen LogP) is 7.15. The fraction of sp³-hybridized carbons (Fsp3) is 0.300. The summed E-state index contributed by atoms with van der Waals surface area (Å²) >= 11 is 0. The van der Waals surface area contributed by atoms with Gasteiger partial charge in [-0.2, -0.15) is 0 Å². The summed E-state index contributed by atoms with van der Waals surface area (Å²) in [6.07, 6.45) is 6.20. The number of hydrogen-bond acceptors (Lipinski definition) is 2. The number of hydrogen-bond donors (Lipinski definition) is 0. The number of likely N-dealkylation sites (N-methyl/N-ethyl adjacent to an activating group) is 1. The zero-order chi connectivity index (χ0) is 22.9. The van der Waals surface area contributed by atoms with Crippen LogP contribution >= 0.6 is 0 Å². The Labute approximate surface area is 193 Å². The molecule has 0 amide bonds. The van der Waals surface area contributed by atoms with Crippen LogP contribution in [0.3, 0.4) is 0 Å². The summed E-state index contributed by atoms with van der Waals surface area (Å²) in [5.41, 5.74) is 7.39. The molecule has 2 nitrogen and oxygen atoms in total. The van der Waals surface area contributed by atoms with Crippen molar-refractivity contribution in [2.24, 2.45) is 0 Å². The first-order chi connectivity index (χ1) is 15.2. The highest BCUT2D eigenvalue weighted by molar-refractivity contribution is 5.67. The average Bonchev–Trinajstić information content (AvgIpc) is 2.99. The van der Waals surface area contributed by atoms with E-state index < -0.39 is 0 Å². The lowest BCUT2D eigenvalue weighted by Gasteiger charge is -2.35. The molecule has 3 aromatic rings. The molecule has 4 rings (SSSR count). The molecule has 0 spiro atoms. The van der Waals surface area contributed by atoms with Crippen molar-refractivity contribution in [2.45, 2.75) is 51.4 Å². The van der Waals surface area contributed by atoms with Gasteiger partial charge in [0.2, 0.25) is 0 Å². The third kappa shape index (κ3) is 3.79. The van der Waals surface area contributed by atoms with E-state index in [9.17, 15) is 0 Å². The standard InChI is InChI=1S/C30H34N2/c1-22-13-10-11-16-25(22)30(5,19-18-24-14-8-7-9-15-24)23(2)21-27-29(3,4)26-17-12-20-31-28(26)32(27)6/h7-17,20-21H,2,18-19H2,1,3-6H3. The molecule has 0 fully saturated rings. The predicted molar refractivity (Wildman–Crippen MR) is 136 cm³/mol. The highest BCUT2D eigenvalue weighted by Crippen LogP contribution is 2.47. The molecule has 0 aliphatic carbocycles. The Bertz CT molecular complexity index is 1160. The van der Waals surface area contributed by atoms with Crippen LogP contribution in [-0.4, -0.2) is 12.0 Å². The molecular weight excluding hydrogens is 388 g/mol. The topological polar surface area (TPSA) is 16.1 Å². The van der Waals surface area contributed by atoms with Gasteiger partial charge in [0.1, 0.15) is 5.82 Å². The molecule has 1 aromatic heterocycles. The van der Waals surface area contributed by atoms with E-state index in [0.29, 0.717) is 0 Å². The molecule has 1 aliphatic rings. The van der Waals surface area contributed by atoms with Gasteiger partial charge in [0.15, 0.2) is 0 Å². The van der Waals surface area contributed by atoms with Gasteiger partial charge < -0.3 is 4.90 Å². The smallest absolute Gasteiger partial charge is 0.136 e. The summed E-state index contributed by atoms with van der Waals surface area (Å²) < 4.78 is 0. The minimum atomic E-state index is -0.173. The van der Waals surface area contributed by atoms with Gasteiger partial charge in [-0.1, -0.05) is 88.0 Å². The minimum Gasteiger partial charge on any atom is -0.332 e. The fourth-order valence-corrected chi connectivity index (χ4v) is 5.12. The SMILES string of the molecule is C=C(C=C1N(C)c2ncccc2C1(C)C)C(C)(CCc1ccccc1)c1ccccc1C. The second kappa shape index (κ2) is 8.43. The highest BCUT2D eigenvalue weighted by Gasteiger charge is 2.40. The lowest BCUT2D eigenvalue weighted by Crippen LogP contribution is -2.28. The van der Waals surface area contributed by atoms with E-state index in [1.54, 1.807) is 0 Å². The maximum absolute atomic E-state index is 4.66. The monoisotopic (exact) mass is 422 g/mol. The van der Waals surface area contributed by atoms with Crippen LogP contribution in [-0.2, 0) is 17.3 Å². The number of nitrogens with zero attached hydrogens (tertiary/aromatic N) is 2. The van der Waals surface area contributed by atoms with E-state index in [1.165, 1.54) is 28.0 Å². The highest BCUT2D eigenvalue weighted by atomic mass is 15.2. The first kappa shape index (κ1) is 22.1. The van der Waals surface area contributed by atoms with Crippen LogP contribution in [0.25, 0.3) is 0 Å². The van der Waals surface area contributed by atoms with Crippen LogP contribution in [0.4, 0.5) is 5.82 Å². The summed E-state index contributed by atoms with van der Waals surface area (Å²) in [5.74, 6) is 1.04. The Morgan fingerprint density at radius 1 is 1.03 bits per heavy atom. The Balaban J connectivity index is 1.75. The fourth-order valence-electron chi connectivity index (χ4n) is 5.12. The molecule has 1 atom stereocenters. The van der Waals surface area contributed by atoms with Gasteiger partial charge in [0.25, 0.3) is 0 Å². The molecule has 0 N–H and O–H groups in total. The van der Waals surface area contributed by atoms with E-state index in [2.05, 4.69) is 118 Å². The summed E-state index contributed by atoms with van der Waals surface area (Å²) in [4.78, 5) is 6.89. The molecule has 0 radical (unpaired) electrons. The Kier molecular flexibility index (Phi) is 5.81. The van der Waals surface area contributed by atoms with Crippen molar-refractivity contribution in [2.75, 3.05) is 11.9 Å². The molecule has 0 saturated carbocycles. The molecule has 164 valence electrons. The van der Waals surface area contributed by atoms with Crippen molar-refractivity contribution in [1.29, 1.82) is 0 Å². The number of pyridine rings is 1. The average molecular weight is 423 g/mol. The van der Waals surface area contributed by atoms with Crippen LogP contribution in [0.2, 0.25) is 0 Å². The van der Waals surface area contributed by atoms with Crippen molar-refractivity contribution in [3.8, 4) is 0 Å². The summed E-state index contributed by atoms with van der Waals surface area (Å²) in [6.45, 7) is 13.8. The van der Waals surface area contributed by atoms with Crippen molar-refractivity contribution in [3.63, 3.8) is 0 Å².